The third-order valence-electron chi connectivity index (χ3n) is 6.91. The van der Waals surface area contributed by atoms with Crippen LogP contribution < -0.4 is 37.9 Å². The first-order chi connectivity index (χ1) is 19.4. The maximum Gasteiger partial charge on any atom is 0.312 e. The lowest BCUT2D eigenvalue weighted by Crippen LogP contribution is -2.22. The van der Waals surface area contributed by atoms with Crippen LogP contribution in [0.25, 0.3) is 6.08 Å². The quantitative estimate of drug-likeness (QED) is 0.221. The van der Waals surface area contributed by atoms with Gasteiger partial charge in [0.2, 0.25) is 11.5 Å². The van der Waals surface area contributed by atoms with Crippen molar-refractivity contribution in [2.24, 2.45) is 0 Å². The highest BCUT2D eigenvalue weighted by atomic mass is 16.5. The van der Waals surface area contributed by atoms with Gasteiger partial charge in [-0.1, -0.05) is 0 Å². The molecule has 1 atom stereocenters. The van der Waals surface area contributed by atoms with Crippen molar-refractivity contribution in [3.63, 3.8) is 0 Å². The number of esters is 1. The van der Waals surface area contributed by atoms with E-state index in [4.69, 9.17) is 37.9 Å². The van der Waals surface area contributed by atoms with Gasteiger partial charge in [0.15, 0.2) is 28.8 Å². The van der Waals surface area contributed by atoms with Gasteiger partial charge in [-0.25, -0.2) is 0 Å². The smallest absolute Gasteiger partial charge is 0.312 e. The Hall–Kier alpha value is -4.86. The first kappa shape index (κ1) is 26.7. The van der Waals surface area contributed by atoms with Gasteiger partial charge >= 0.3 is 5.97 Å². The third kappa shape index (κ3) is 4.31. The Morgan fingerprint density at radius 1 is 0.725 bits per heavy atom. The first-order valence-electron chi connectivity index (χ1n) is 12.3. The predicted molar refractivity (Wildman–Crippen MR) is 144 cm³/mol. The summed E-state index contributed by atoms with van der Waals surface area (Å²) in [7, 11) is 9.10. The maximum absolute atomic E-state index is 13.5. The highest BCUT2D eigenvalue weighted by molar-refractivity contribution is 6.15. The van der Waals surface area contributed by atoms with Crippen LogP contribution in [-0.4, -0.2) is 54.4 Å². The molecule has 40 heavy (non-hydrogen) atoms. The number of methoxy groups -OCH3 is 6. The Morgan fingerprint density at radius 3 is 2.05 bits per heavy atom. The van der Waals surface area contributed by atoms with E-state index in [0.717, 1.165) is 0 Å². The van der Waals surface area contributed by atoms with E-state index in [1.54, 1.807) is 42.5 Å². The molecule has 2 aliphatic heterocycles. The number of Topliss-reactive ketones (excluding diaryl/α,β-unsaturated/α-hetero) is 1. The number of allylic oxidation sites excluding steroid dienone is 1. The lowest BCUT2D eigenvalue weighted by Gasteiger charge is -2.28. The molecule has 0 bridgehead atoms. The van der Waals surface area contributed by atoms with Crippen LogP contribution in [0.15, 0.2) is 42.2 Å². The van der Waals surface area contributed by atoms with E-state index < -0.39 is 11.9 Å². The monoisotopic (exact) mass is 548 g/mol. The molecule has 0 aliphatic carbocycles. The van der Waals surface area contributed by atoms with Crippen molar-refractivity contribution in [1.29, 1.82) is 0 Å². The van der Waals surface area contributed by atoms with Crippen LogP contribution in [0.2, 0.25) is 0 Å². The van der Waals surface area contributed by atoms with Gasteiger partial charge in [0.1, 0.15) is 17.2 Å². The number of rotatable bonds is 8. The van der Waals surface area contributed by atoms with Crippen LogP contribution in [0.1, 0.15) is 39.4 Å². The average molecular weight is 549 g/mol. The Morgan fingerprint density at radius 2 is 1.40 bits per heavy atom. The molecule has 0 amide bonds. The summed E-state index contributed by atoms with van der Waals surface area (Å²) in [4.78, 5) is 26.2. The molecule has 0 saturated heterocycles. The van der Waals surface area contributed by atoms with Crippen LogP contribution in [0.4, 0.5) is 0 Å². The zero-order valence-corrected chi connectivity index (χ0v) is 22.9. The summed E-state index contributed by atoms with van der Waals surface area (Å²) in [6.45, 7) is 0. The lowest BCUT2D eigenvalue weighted by molar-refractivity contribution is -0.135. The molecular formula is C30H28O10. The van der Waals surface area contributed by atoms with E-state index in [-0.39, 0.29) is 18.0 Å². The van der Waals surface area contributed by atoms with E-state index in [9.17, 15) is 9.59 Å². The zero-order valence-electron chi connectivity index (χ0n) is 22.9. The van der Waals surface area contributed by atoms with E-state index >= 15 is 0 Å². The van der Waals surface area contributed by atoms with Crippen molar-refractivity contribution in [2.75, 3.05) is 42.7 Å². The number of carbonyl (C=O) groups excluding carboxylic acids is 2. The molecule has 208 valence electrons. The molecule has 5 rings (SSSR count). The van der Waals surface area contributed by atoms with Gasteiger partial charge in [0, 0.05) is 28.7 Å². The van der Waals surface area contributed by atoms with E-state index in [1.165, 1.54) is 42.7 Å². The normalized spacial score (nSPS) is 16.4. The predicted octanol–water partition coefficient (Wildman–Crippen LogP) is 4.80. The Balaban J connectivity index is 1.64. The van der Waals surface area contributed by atoms with Crippen LogP contribution in [-0.2, 0) is 4.79 Å². The molecule has 1 unspecified atom stereocenters. The Kier molecular flexibility index (Phi) is 7.17. The van der Waals surface area contributed by atoms with Gasteiger partial charge < -0.3 is 37.9 Å². The second kappa shape index (κ2) is 10.7. The van der Waals surface area contributed by atoms with Crippen molar-refractivity contribution >= 4 is 17.8 Å². The van der Waals surface area contributed by atoms with Crippen molar-refractivity contribution in [3.8, 4) is 46.0 Å². The van der Waals surface area contributed by atoms with Crippen LogP contribution in [0.3, 0.4) is 0 Å². The fourth-order valence-corrected chi connectivity index (χ4v) is 5.08. The molecule has 2 aliphatic rings. The summed E-state index contributed by atoms with van der Waals surface area (Å²) in [5.74, 6) is 2.03. The highest BCUT2D eigenvalue weighted by Crippen LogP contribution is 2.52. The molecule has 0 radical (unpaired) electrons. The minimum atomic E-state index is -0.552. The summed E-state index contributed by atoms with van der Waals surface area (Å²) in [6.07, 6.45) is 1.58. The number of ketones is 1. The number of fused-ring (bicyclic) bond motifs is 3. The third-order valence-corrected chi connectivity index (χ3v) is 6.91. The highest BCUT2D eigenvalue weighted by Gasteiger charge is 2.40. The topological polar surface area (TPSA) is 108 Å². The zero-order chi connectivity index (χ0) is 28.6. The number of hydrogen-bond donors (Lipinski definition) is 0. The van der Waals surface area contributed by atoms with Gasteiger partial charge in [-0.2, -0.15) is 0 Å². The van der Waals surface area contributed by atoms with Gasteiger partial charge in [-0.15, -0.1) is 0 Å². The van der Waals surface area contributed by atoms with Crippen molar-refractivity contribution < 1.29 is 47.5 Å². The van der Waals surface area contributed by atoms with Crippen LogP contribution in [0, 0.1) is 0 Å². The summed E-state index contributed by atoms with van der Waals surface area (Å²) in [5, 5.41) is 0. The maximum atomic E-state index is 13.5. The minimum Gasteiger partial charge on any atom is -0.496 e. The summed E-state index contributed by atoms with van der Waals surface area (Å²) < 4.78 is 44.8. The fraction of sp³-hybridized carbons (Fsp3) is 0.267. The van der Waals surface area contributed by atoms with Gasteiger partial charge in [0.05, 0.1) is 54.6 Å². The molecule has 10 nitrogen and oxygen atoms in total. The van der Waals surface area contributed by atoms with Gasteiger partial charge in [-0.05, 0) is 36.4 Å². The number of carbonyl (C=O) groups is 2. The average Bonchev–Trinajstić information content (AvgIpc) is 3.29. The summed E-state index contributed by atoms with van der Waals surface area (Å²) in [6, 6.07) is 10.1. The standard InChI is InChI=1S/C30H28O10/c1-33-20-9-7-15(28(37-5)30(20)38-6)11-24-27(32)16-8-10-19-26(29(16)40-24)18(13-25(31)39-19)17-12-22(35-3)23(36-4)14-21(17)34-2/h7-12,14,18H,13H2,1-6H3/b24-11+. The van der Waals surface area contributed by atoms with Crippen molar-refractivity contribution in [1.82, 2.24) is 0 Å². The summed E-state index contributed by atoms with van der Waals surface area (Å²) >= 11 is 0. The molecule has 3 aromatic carbocycles. The van der Waals surface area contributed by atoms with Gasteiger partial charge in [-0.3, -0.25) is 9.59 Å². The largest absolute Gasteiger partial charge is 0.496 e. The molecule has 0 N–H and O–H groups in total. The SMILES string of the molecule is COc1cc(OC)c(C2CC(=O)Oc3ccc4c(c32)O/C(=C/c2ccc(OC)c(OC)c2OC)C4=O)cc1OC. The lowest BCUT2D eigenvalue weighted by atomic mass is 9.84. The van der Waals surface area contributed by atoms with Crippen molar-refractivity contribution in [2.45, 2.75) is 12.3 Å². The van der Waals surface area contributed by atoms with Crippen LogP contribution >= 0.6 is 0 Å². The number of hydrogen-bond acceptors (Lipinski definition) is 10. The second-order valence-corrected chi connectivity index (χ2v) is 8.90. The van der Waals surface area contributed by atoms with Crippen LogP contribution in [0.5, 0.6) is 46.0 Å². The fourth-order valence-electron chi connectivity index (χ4n) is 5.08. The van der Waals surface area contributed by atoms with Crippen molar-refractivity contribution in [3.05, 3.63) is 64.4 Å². The Bertz CT molecular complexity index is 1540. The number of ether oxygens (including phenoxy) is 8. The molecule has 0 saturated carbocycles. The molecule has 0 spiro atoms. The minimum absolute atomic E-state index is 0.00457. The molecule has 0 aromatic heterocycles. The van der Waals surface area contributed by atoms with E-state index in [2.05, 4.69) is 0 Å². The second-order valence-electron chi connectivity index (χ2n) is 8.90. The number of benzene rings is 3. The Labute approximate surface area is 230 Å². The summed E-state index contributed by atoms with van der Waals surface area (Å²) in [5.41, 5.74) is 2.10. The molecule has 2 heterocycles. The van der Waals surface area contributed by atoms with E-state index in [1.807, 2.05) is 0 Å². The molecule has 10 heteroatoms. The van der Waals surface area contributed by atoms with E-state index in [0.29, 0.717) is 68.2 Å². The molecular weight excluding hydrogens is 520 g/mol. The van der Waals surface area contributed by atoms with Gasteiger partial charge in [0.25, 0.3) is 0 Å². The molecule has 0 fully saturated rings. The molecule has 3 aromatic rings. The first-order valence-corrected chi connectivity index (χ1v) is 12.3.